The molecule has 0 bridgehead atoms. The Labute approximate surface area is 41.8 Å². The molecule has 0 unspecified atom stereocenters. The maximum absolute atomic E-state index is 11.1. The van der Waals surface area contributed by atoms with Crippen LogP contribution in [0.4, 0.5) is 4.39 Å². The van der Waals surface area contributed by atoms with Crippen molar-refractivity contribution < 1.29 is 15.7 Å². The zero-order valence-electron chi connectivity index (χ0n) is 3.81. The lowest BCUT2D eigenvalue weighted by Crippen LogP contribution is -1.93. The van der Waals surface area contributed by atoms with Gasteiger partial charge in [0.2, 0.25) is 0 Å². The van der Waals surface area contributed by atoms with Crippen LogP contribution in [0.1, 0.15) is 8.35 Å². The molecule has 7 heavy (non-hydrogen) atoms. The van der Waals surface area contributed by atoms with Crippen LogP contribution in [0.3, 0.4) is 0 Å². The van der Waals surface area contributed by atoms with Gasteiger partial charge < -0.3 is 5.11 Å². The Morgan fingerprint density at radius 1 is 2.00 bits per heavy atom. The lowest BCUT2D eigenvalue weighted by atomic mass is 10.4. The minimum atomic E-state index is -1.22. The molecule has 0 aliphatic heterocycles. The van der Waals surface area contributed by atoms with Crippen LogP contribution < -0.4 is 0 Å². The minimum Gasteiger partial charge on any atom is -0.478 e. The third-order valence-electron chi connectivity index (χ3n) is 0.501. The Morgan fingerprint density at radius 3 is 2.43 bits per heavy atom. The molecule has 0 heterocycles. The number of hydrogen-bond donors (Lipinski definition) is 1. The lowest BCUT2D eigenvalue weighted by Gasteiger charge is -1.81. The topological polar surface area (TPSA) is 37.3 Å². The molecule has 1 N–H and O–H groups in total. The standard InChI is InChI=1S/C4H5FO2.H2/c1-3(2-5)4(6)7;/h2H,1H3,(H,6,7);1H/i;1+1. The Balaban J connectivity index is 0. The largest absolute Gasteiger partial charge is 0.478 e. The van der Waals surface area contributed by atoms with Crippen molar-refractivity contribution in [1.29, 1.82) is 0 Å². The highest BCUT2D eigenvalue weighted by molar-refractivity contribution is 5.85. The van der Waals surface area contributed by atoms with Gasteiger partial charge >= 0.3 is 5.97 Å². The van der Waals surface area contributed by atoms with E-state index in [4.69, 9.17) is 5.11 Å². The summed E-state index contributed by atoms with van der Waals surface area (Å²) in [7, 11) is 0. The SMILES string of the molecule is CC(=CF)C(=O)O.[2HH]. The monoisotopic (exact) mass is 107 g/mol. The van der Waals surface area contributed by atoms with E-state index in [0.717, 1.165) is 0 Å². The number of carboxylic acids is 1. The van der Waals surface area contributed by atoms with Gasteiger partial charge in [0.1, 0.15) is 0 Å². The molecule has 0 aromatic rings. The summed E-state index contributed by atoms with van der Waals surface area (Å²) >= 11 is 0. The first kappa shape index (κ1) is 6.14. The fourth-order valence-corrected chi connectivity index (χ4v) is 0.0467. The molecule has 3 heteroatoms. The summed E-state index contributed by atoms with van der Waals surface area (Å²) in [6.07, 6.45) is 0.0579. The molecule has 0 fully saturated rings. The smallest absolute Gasteiger partial charge is 0.333 e. The molecule has 0 radical (unpaired) electrons. The predicted octanol–water partition coefficient (Wildman–Crippen LogP) is 1.19. The summed E-state index contributed by atoms with van der Waals surface area (Å²) < 4.78 is 11.1. The maximum atomic E-state index is 11.1. The fourth-order valence-electron chi connectivity index (χ4n) is 0.0467. The summed E-state index contributed by atoms with van der Waals surface area (Å²) in [6.45, 7) is 1.18. The molecule has 0 aromatic carbocycles. The Morgan fingerprint density at radius 2 is 2.43 bits per heavy atom. The Hall–Kier alpha value is -0.860. The summed E-state index contributed by atoms with van der Waals surface area (Å²) in [5.41, 5.74) is -0.278. The number of hydrogen-bond acceptors (Lipinski definition) is 1. The zero-order chi connectivity index (χ0) is 5.86. The van der Waals surface area contributed by atoms with Gasteiger partial charge in [0.15, 0.2) is 0 Å². The third-order valence-corrected chi connectivity index (χ3v) is 0.501. The van der Waals surface area contributed by atoms with Crippen LogP contribution >= 0.6 is 0 Å². The van der Waals surface area contributed by atoms with Gasteiger partial charge in [0, 0.05) is 1.43 Å². The molecule has 0 aliphatic rings. The molecule has 42 valence electrons. The van der Waals surface area contributed by atoms with E-state index in [-0.39, 0.29) is 13.3 Å². The fraction of sp³-hybridized carbons (Fsp3) is 0.250. The van der Waals surface area contributed by atoms with E-state index in [2.05, 4.69) is 0 Å². The molecule has 0 aromatic heterocycles. The highest BCUT2D eigenvalue weighted by Gasteiger charge is 1.95. The van der Waals surface area contributed by atoms with E-state index in [9.17, 15) is 9.18 Å². The van der Waals surface area contributed by atoms with Crippen LogP contribution in [0.2, 0.25) is 0 Å². The molecule has 0 saturated carbocycles. The molecular weight excluding hydrogens is 99.0 g/mol. The zero-order valence-corrected chi connectivity index (χ0v) is 3.81. The number of aliphatic carboxylic acids is 1. The second kappa shape index (κ2) is 2.34. The molecule has 2 nitrogen and oxygen atoms in total. The first-order chi connectivity index (χ1) is 3.18. The van der Waals surface area contributed by atoms with Crippen LogP contribution in [0.15, 0.2) is 11.9 Å². The number of rotatable bonds is 1. The minimum absolute atomic E-state index is 0. The number of halogens is 1. The van der Waals surface area contributed by atoms with Crippen molar-refractivity contribution in [3.63, 3.8) is 0 Å². The van der Waals surface area contributed by atoms with E-state index in [1.54, 1.807) is 0 Å². The maximum Gasteiger partial charge on any atom is 0.333 e. The van der Waals surface area contributed by atoms with Gasteiger partial charge in [-0.2, -0.15) is 0 Å². The van der Waals surface area contributed by atoms with Crippen LogP contribution in [0.25, 0.3) is 0 Å². The Bertz CT molecular complexity index is 111. The van der Waals surface area contributed by atoms with E-state index in [1.807, 2.05) is 0 Å². The van der Waals surface area contributed by atoms with Gasteiger partial charge in [0.05, 0.1) is 11.9 Å². The van der Waals surface area contributed by atoms with Crippen molar-refractivity contribution in [2.75, 3.05) is 0 Å². The van der Waals surface area contributed by atoms with Crippen molar-refractivity contribution in [2.24, 2.45) is 0 Å². The van der Waals surface area contributed by atoms with Crippen molar-refractivity contribution in [2.45, 2.75) is 6.92 Å². The molecular formula is C4H7FO2. The van der Waals surface area contributed by atoms with E-state index >= 15 is 0 Å². The molecule has 0 saturated heterocycles. The van der Waals surface area contributed by atoms with Crippen molar-refractivity contribution in [1.82, 2.24) is 0 Å². The predicted molar refractivity (Wildman–Crippen MR) is 24.6 cm³/mol. The summed E-state index contributed by atoms with van der Waals surface area (Å²) in [6, 6.07) is 0. The van der Waals surface area contributed by atoms with Crippen molar-refractivity contribution >= 4 is 5.97 Å². The van der Waals surface area contributed by atoms with Gasteiger partial charge in [-0.3, -0.25) is 0 Å². The van der Waals surface area contributed by atoms with Crippen LogP contribution in [-0.2, 0) is 4.79 Å². The first-order valence-electron chi connectivity index (χ1n) is 1.68. The van der Waals surface area contributed by atoms with Crippen LogP contribution in [-0.4, -0.2) is 11.1 Å². The lowest BCUT2D eigenvalue weighted by molar-refractivity contribution is -0.132. The Kier molecular flexibility index (Phi) is 2.05. The third kappa shape index (κ3) is 1.92. The highest BCUT2D eigenvalue weighted by atomic mass is 19.1. The van der Waals surface area contributed by atoms with Crippen molar-refractivity contribution in [3.8, 4) is 0 Å². The van der Waals surface area contributed by atoms with Gasteiger partial charge in [-0.05, 0) is 6.92 Å². The summed E-state index contributed by atoms with van der Waals surface area (Å²) in [5, 5.41) is 7.87. The van der Waals surface area contributed by atoms with Crippen LogP contribution in [0, 0.1) is 0 Å². The van der Waals surface area contributed by atoms with Gasteiger partial charge in [-0.1, -0.05) is 0 Å². The number of carboxylic acid groups (broad SMARTS) is 1. The normalized spacial score (nSPS) is 11.4. The van der Waals surface area contributed by atoms with Gasteiger partial charge in [0.25, 0.3) is 0 Å². The average molecular weight is 107 g/mol. The molecule has 0 aliphatic carbocycles. The molecule has 0 amide bonds. The second-order valence-corrected chi connectivity index (χ2v) is 1.10. The summed E-state index contributed by atoms with van der Waals surface area (Å²) in [5.74, 6) is -1.22. The highest BCUT2D eigenvalue weighted by Crippen LogP contribution is 1.89. The second-order valence-electron chi connectivity index (χ2n) is 1.10. The molecule has 0 atom stereocenters. The quantitative estimate of drug-likeness (QED) is 0.511. The summed E-state index contributed by atoms with van der Waals surface area (Å²) in [4.78, 5) is 9.62. The van der Waals surface area contributed by atoms with Gasteiger partial charge in [-0.15, -0.1) is 0 Å². The average Bonchev–Trinajstić information content (AvgIpc) is 1.65. The van der Waals surface area contributed by atoms with E-state index in [0.29, 0.717) is 0 Å². The van der Waals surface area contributed by atoms with E-state index < -0.39 is 5.97 Å². The van der Waals surface area contributed by atoms with Gasteiger partial charge in [-0.25, -0.2) is 9.18 Å². The van der Waals surface area contributed by atoms with E-state index in [1.165, 1.54) is 6.92 Å². The number of carbonyl (C=O) groups is 1. The molecule has 0 rings (SSSR count). The van der Waals surface area contributed by atoms with Crippen LogP contribution in [0.5, 0.6) is 0 Å². The van der Waals surface area contributed by atoms with Crippen molar-refractivity contribution in [3.05, 3.63) is 11.9 Å². The molecule has 0 spiro atoms. The first-order valence-corrected chi connectivity index (χ1v) is 1.68.